The van der Waals surface area contributed by atoms with Gasteiger partial charge in [-0.2, -0.15) is 5.26 Å². The Balaban J connectivity index is 2.51. The molecule has 0 atom stereocenters. The van der Waals surface area contributed by atoms with E-state index in [1.165, 1.54) is 0 Å². The summed E-state index contributed by atoms with van der Waals surface area (Å²) in [5.74, 6) is 0. The molecule has 0 unspecified atom stereocenters. The van der Waals surface area contributed by atoms with Gasteiger partial charge in [0.2, 0.25) is 0 Å². The number of hydrogen-bond acceptors (Lipinski definition) is 2. The molecule has 3 nitrogen and oxygen atoms in total. The summed E-state index contributed by atoms with van der Waals surface area (Å²) in [6, 6.07) is 12.6. The summed E-state index contributed by atoms with van der Waals surface area (Å²) < 4.78 is 0. The van der Waals surface area contributed by atoms with Crippen molar-refractivity contribution < 1.29 is 0 Å². The third-order valence-electron chi connectivity index (χ3n) is 2.16. The Morgan fingerprint density at radius 1 is 1.25 bits per heavy atom. The smallest absolute Gasteiger partial charge is 0.190 e. The van der Waals surface area contributed by atoms with Crippen molar-refractivity contribution in [2.75, 3.05) is 0 Å². The van der Waals surface area contributed by atoms with Crippen LogP contribution >= 0.6 is 0 Å². The first-order chi connectivity index (χ1) is 7.83. The maximum Gasteiger partial charge on any atom is 0.190 e. The van der Waals surface area contributed by atoms with E-state index in [9.17, 15) is 0 Å². The second-order valence-electron chi connectivity index (χ2n) is 3.20. The van der Waals surface area contributed by atoms with E-state index in [1.54, 1.807) is 36.5 Å². The average Bonchev–Trinajstić information content (AvgIpc) is 2.39. The highest BCUT2D eigenvalue weighted by molar-refractivity contribution is 5.65. The quantitative estimate of drug-likeness (QED) is 0.671. The van der Waals surface area contributed by atoms with Gasteiger partial charge in [-0.3, -0.25) is 4.98 Å². The molecule has 1 aromatic heterocycles. The highest BCUT2D eigenvalue weighted by Crippen LogP contribution is 2.22. The summed E-state index contributed by atoms with van der Waals surface area (Å²) in [5.41, 5.74) is 2.70. The van der Waals surface area contributed by atoms with Crippen molar-refractivity contribution in [1.29, 1.82) is 5.26 Å². The molecule has 16 heavy (non-hydrogen) atoms. The zero-order valence-electron chi connectivity index (χ0n) is 8.38. The summed E-state index contributed by atoms with van der Waals surface area (Å²) in [6.07, 6.45) is 1.60. The summed E-state index contributed by atoms with van der Waals surface area (Å²) in [7, 11) is 0. The predicted molar refractivity (Wildman–Crippen MR) is 60.7 cm³/mol. The number of nitrogens with zero attached hydrogens (tertiary/aromatic N) is 3. The highest BCUT2D eigenvalue weighted by Gasteiger charge is 2.01. The molecule has 74 valence electrons. The molecule has 0 saturated heterocycles. The number of aromatic nitrogens is 1. The fourth-order valence-corrected chi connectivity index (χ4v) is 1.39. The summed E-state index contributed by atoms with van der Waals surface area (Å²) in [6.45, 7) is 6.93. The van der Waals surface area contributed by atoms with E-state index in [0.29, 0.717) is 16.9 Å². The molecule has 0 saturated carbocycles. The van der Waals surface area contributed by atoms with E-state index in [-0.39, 0.29) is 0 Å². The second kappa shape index (κ2) is 4.25. The molecule has 0 bridgehead atoms. The van der Waals surface area contributed by atoms with Crippen LogP contribution in [0, 0.1) is 17.9 Å². The van der Waals surface area contributed by atoms with Crippen LogP contribution in [0.5, 0.6) is 0 Å². The normalized spacial score (nSPS) is 9.12. The van der Waals surface area contributed by atoms with Gasteiger partial charge < -0.3 is 0 Å². The molecule has 0 aliphatic heterocycles. The van der Waals surface area contributed by atoms with Crippen molar-refractivity contribution in [2.45, 2.75) is 0 Å². The van der Waals surface area contributed by atoms with Crippen molar-refractivity contribution in [1.82, 2.24) is 4.98 Å². The Labute approximate surface area is 93.4 Å². The Bertz CT molecular complexity index is 548. The zero-order chi connectivity index (χ0) is 11.4. The van der Waals surface area contributed by atoms with Crippen molar-refractivity contribution >= 4 is 5.69 Å². The van der Waals surface area contributed by atoms with Gasteiger partial charge in [0.1, 0.15) is 0 Å². The van der Waals surface area contributed by atoms with Crippen LogP contribution in [0.1, 0.15) is 5.56 Å². The van der Waals surface area contributed by atoms with Crippen LogP contribution in [0.2, 0.25) is 0 Å². The lowest BCUT2D eigenvalue weighted by molar-refractivity contribution is 1.33. The monoisotopic (exact) mass is 205 g/mol. The van der Waals surface area contributed by atoms with Gasteiger partial charge in [-0.05, 0) is 24.3 Å². The Morgan fingerprint density at radius 3 is 2.88 bits per heavy atom. The molecule has 0 fully saturated rings. The molecule has 0 amide bonds. The van der Waals surface area contributed by atoms with Crippen LogP contribution < -0.4 is 0 Å². The van der Waals surface area contributed by atoms with E-state index in [0.717, 1.165) is 5.56 Å². The number of pyridine rings is 1. The molecule has 0 aliphatic carbocycles. The third kappa shape index (κ3) is 1.89. The fraction of sp³-hybridized carbons (Fsp3) is 0. The number of rotatable bonds is 1. The molecular weight excluding hydrogens is 198 g/mol. The molecular formula is C13H7N3. The van der Waals surface area contributed by atoms with E-state index < -0.39 is 0 Å². The van der Waals surface area contributed by atoms with Crippen molar-refractivity contribution in [2.24, 2.45) is 0 Å². The van der Waals surface area contributed by atoms with Crippen LogP contribution in [0.3, 0.4) is 0 Å². The lowest BCUT2D eigenvalue weighted by Gasteiger charge is -2.01. The Hall–Kier alpha value is -2.65. The first kappa shape index (κ1) is 9.89. The van der Waals surface area contributed by atoms with Gasteiger partial charge >= 0.3 is 0 Å². The van der Waals surface area contributed by atoms with E-state index in [2.05, 4.69) is 15.9 Å². The van der Waals surface area contributed by atoms with Crippen LogP contribution in [0.4, 0.5) is 5.69 Å². The van der Waals surface area contributed by atoms with Gasteiger partial charge in [0.05, 0.1) is 23.9 Å². The highest BCUT2D eigenvalue weighted by atomic mass is 14.7. The third-order valence-corrected chi connectivity index (χ3v) is 2.16. The Kier molecular flexibility index (Phi) is 2.63. The minimum atomic E-state index is 0.548. The van der Waals surface area contributed by atoms with Gasteiger partial charge in [0.15, 0.2) is 5.69 Å². The lowest BCUT2D eigenvalue weighted by Crippen LogP contribution is -1.83. The zero-order valence-corrected chi connectivity index (χ0v) is 8.38. The SMILES string of the molecule is [C-]#[N+]c1ccnc(-c2cccc(C#N)c2)c1. The molecule has 1 aromatic carbocycles. The summed E-state index contributed by atoms with van der Waals surface area (Å²) in [4.78, 5) is 7.52. The Morgan fingerprint density at radius 2 is 2.12 bits per heavy atom. The largest absolute Gasteiger partial charge is 0.259 e. The molecule has 3 heteroatoms. The summed E-state index contributed by atoms with van der Waals surface area (Å²) in [5, 5.41) is 8.79. The second-order valence-corrected chi connectivity index (χ2v) is 3.20. The minimum Gasteiger partial charge on any atom is -0.259 e. The van der Waals surface area contributed by atoms with Gasteiger partial charge in [0.25, 0.3) is 0 Å². The van der Waals surface area contributed by atoms with Crippen LogP contribution in [0.15, 0.2) is 42.6 Å². The first-order valence-electron chi connectivity index (χ1n) is 4.67. The van der Waals surface area contributed by atoms with Crippen LogP contribution in [-0.4, -0.2) is 4.98 Å². The number of benzene rings is 1. The van der Waals surface area contributed by atoms with Gasteiger partial charge in [-0.1, -0.05) is 12.1 Å². The maximum absolute atomic E-state index is 8.79. The predicted octanol–water partition coefficient (Wildman–Crippen LogP) is 3.17. The van der Waals surface area contributed by atoms with Crippen molar-refractivity contribution in [3.8, 4) is 17.3 Å². The number of nitriles is 1. The molecule has 2 aromatic rings. The summed E-state index contributed by atoms with van der Waals surface area (Å²) >= 11 is 0. The fourth-order valence-electron chi connectivity index (χ4n) is 1.39. The molecule has 0 spiro atoms. The number of hydrogen-bond donors (Lipinski definition) is 0. The molecule has 2 rings (SSSR count). The standard InChI is InChI=1S/C13H7N3/c1-15-12-5-6-16-13(8-12)11-4-2-3-10(7-11)9-14/h2-8H. The average molecular weight is 205 g/mol. The van der Waals surface area contributed by atoms with Crippen molar-refractivity contribution in [3.63, 3.8) is 0 Å². The van der Waals surface area contributed by atoms with E-state index >= 15 is 0 Å². The van der Waals surface area contributed by atoms with Gasteiger partial charge in [-0.15, -0.1) is 0 Å². The maximum atomic E-state index is 8.79. The molecule has 0 aliphatic rings. The minimum absolute atomic E-state index is 0.548. The van der Waals surface area contributed by atoms with Crippen LogP contribution in [0.25, 0.3) is 16.1 Å². The van der Waals surface area contributed by atoms with E-state index in [1.807, 2.05) is 6.07 Å². The first-order valence-corrected chi connectivity index (χ1v) is 4.67. The lowest BCUT2D eigenvalue weighted by atomic mass is 10.1. The molecule has 1 heterocycles. The molecule has 0 radical (unpaired) electrons. The van der Waals surface area contributed by atoms with Gasteiger partial charge in [0, 0.05) is 11.8 Å². The van der Waals surface area contributed by atoms with E-state index in [4.69, 9.17) is 11.8 Å². The van der Waals surface area contributed by atoms with Crippen molar-refractivity contribution in [3.05, 3.63) is 59.6 Å². The topological polar surface area (TPSA) is 41.0 Å². The molecule has 0 N–H and O–H groups in total. The van der Waals surface area contributed by atoms with Crippen LogP contribution in [-0.2, 0) is 0 Å². The van der Waals surface area contributed by atoms with Gasteiger partial charge in [-0.25, -0.2) is 4.85 Å².